The second-order valence-electron chi connectivity index (χ2n) is 3.26. The number of hydrogen-bond acceptors (Lipinski definition) is 1. The first-order valence-electron chi connectivity index (χ1n) is 5.85. The summed E-state index contributed by atoms with van der Waals surface area (Å²) < 4.78 is 0. The maximum atomic E-state index is 10.7. The van der Waals surface area contributed by atoms with Crippen molar-refractivity contribution in [1.82, 2.24) is 5.32 Å². The van der Waals surface area contributed by atoms with E-state index in [9.17, 15) is 4.79 Å². The SMILES string of the molecule is CC.CCC.CCNC(=O)CC(C)C. The molecule has 1 amide bonds. The Kier molecular flexibility index (Phi) is 25.0. The van der Waals surface area contributed by atoms with Crippen molar-refractivity contribution in [2.45, 2.75) is 61.3 Å². The third-order valence-corrected chi connectivity index (χ3v) is 0.968. The lowest BCUT2D eigenvalue weighted by molar-refractivity contribution is -0.121. The molecule has 0 atom stereocenters. The fourth-order valence-corrected chi connectivity index (χ4v) is 0.640. The molecule has 88 valence electrons. The van der Waals surface area contributed by atoms with E-state index in [4.69, 9.17) is 0 Å². The van der Waals surface area contributed by atoms with E-state index >= 15 is 0 Å². The number of rotatable bonds is 3. The summed E-state index contributed by atoms with van der Waals surface area (Å²) in [5.41, 5.74) is 0. The molecular formula is C12H29NO. The van der Waals surface area contributed by atoms with Gasteiger partial charge in [-0.05, 0) is 12.8 Å². The third kappa shape index (κ3) is 30.0. The van der Waals surface area contributed by atoms with E-state index in [0.29, 0.717) is 12.3 Å². The van der Waals surface area contributed by atoms with Crippen molar-refractivity contribution >= 4 is 5.91 Å². The number of nitrogens with one attached hydrogen (secondary N) is 1. The second-order valence-corrected chi connectivity index (χ2v) is 3.26. The Morgan fingerprint density at radius 2 is 1.50 bits per heavy atom. The average molecular weight is 203 g/mol. The zero-order valence-electron chi connectivity index (χ0n) is 11.1. The average Bonchev–Trinajstić information content (AvgIpc) is 2.08. The highest BCUT2D eigenvalue weighted by Crippen LogP contribution is 1.97. The van der Waals surface area contributed by atoms with E-state index < -0.39 is 0 Å². The van der Waals surface area contributed by atoms with E-state index in [1.165, 1.54) is 6.42 Å². The molecule has 0 bridgehead atoms. The quantitative estimate of drug-likeness (QED) is 0.746. The lowest BCUT2D eigenvalue weighted by Gasteiger charge is -2.02. The first-order chi connectivity index (χ1) is 6.58. The smallest absolute Gasteiger partial charge is 0.220 e. The second kappa shape index (κ2) is 18.3. The molecule has 1 N–H and O–H groups in total. The van der Waals surface area contributed by atoms with Crippen molar-refractivity contribution in [2.24, 2.45) is 5.92 Å². The molecule has 0 aliphatic heterocycles. The molecule has 0 spiro atoms. The molecule has 0 unspecified atom stereocenters. The van der Waals surface area contributed by atoms with Gasteiger partial charge in [0.2, 0.25) is 5.91 Å². The molecule has 0 rings (SSSR count). The van der Waals surface area contributed by atoms with Crippen molar-refractivity contribution in [3.05, 3.63) is 0 Å². The molecule has 0 fully saturated rings. The van der Waals surface area contributed by atoms with Crippen molar-refractivity contribution < 1.29 is 4.79 Å². The molecule has 0 saturated heterocycles. The zero-order chi connectivity index (χ0) is 12.0. The Hall–Kier alpha value is -0.530. The topological polar surface area (TPSA) is 29.1 Å². The van der Waals surface area contributed by atoms with Crippen LogP contribution in [0.2, 0.25) is 0 Å². The summed E-state index contributed by atoms with van der Waals surface area (Å²) in [5.74, 6) is 0.629. The Morgan fingerprint density at radius 3 is 1.71 bits per heavy atom. The van der Waals surface area contributed by atoms with Crippen LogP contribution in [-0.2, 0) is 4.79 Å². The summed E-state index contributed by atoms with van der Waals surface area (Å²) >= 11 is 0. The number of carbonyl (C=O) groups is 1. The van der Waals surface area contributed by atoms with Crippen LogP contribution in [0.4, 0.5) is 0 Å². The Bertz CT molecular complexity index is 100. The largest absolute Gasteiger partial charge is 0.356 e. The lowest BCUT2D eigenvalue weighted by Crippen LogP contribution is -2.23. The van der Waals surface area contributed by atoms with E-state index in [-0.39, 0.29) is 5.91 Å². The van der Waals surface area contributed by atoms with Gasteiger partial charge in [-0.15, -0.1) is 0 Å². The Morgan fingerprint density at radius 1 is 1.14 bits per heavy atom. The molecular weight excluding hydrogens is 174 g/mol. The molecule has 0 aliphatic carbocycles. The number of amides is 1. The van der Waals surface area contributed by atoms with Gasteiger partial charge in [0.25, 0.3) is 0 Å². The van der Waals surface area contributed by atoms with Gasteiger partial charge in [0.15, 0.2) is 0 Å². The summed E-state index contributed by atoms with van der Waals surface area (Å²) in [4.78, 5) is 10.7. The standard InChI is InChI=1S/C7H15NO.C3H8.C2H6/c1-4-8-7(9)5-6(2)3;1-3-2;1-2/h6H,4-5H2,1-3H3,(H,8,9);3H2,1-2H3;1-2H3. The van der Waals surface area contributed by atoms with E-state index in [1.807, 2.05) is 34.6 Å². The zero-order valence-corrected chi connectivity index (χ0v) is 11.1. The molecule has 14 heavy (non-hydrogen) atoms. The van der Waals surface area contributed by atoms with Crippen LogP contribution in [0.1, 0.15) is 61.3 Å². The van der Waals surface area contributed by atoms with Gasteiger partial charge in [-0.1, -0.05) is 48.0 Å². The van der Waals surface area contributed by atoms with Gasteiger partial charge in [0.1, 0.15) is 0 Å². The van der Waals surface area contributed by atoms with Crippen LogP contribution in [0.25, 0.3) is 0 Å². The van der Waals surface area contributed by atoms with Crippen LogP contribution < -0.4 is 5.32 Å². The van der Waals surface area contributed by atoms with Gasteiger partial charge >= 0.3 is 0 Å². The summed E-state index contributed by atoms with van der Waals surface area (Å²) in [6.45, 7) is 15.0. The summed E-state index contributed by atoms with van der Waals surface area (Å²) in [7, 11) is 0. The highest BCUT2D eigenvalue weighted by atomic mass is 16.1. The van der Waals surface area contributed by atoms with Crippen LogP contribution in [0.5, 0.6) is 0 Å². The van der Waals surface area contributed by atoms with Crippen molar-refractivity contribution in [1.29, 1.82) is 0 Å². The number of hydrogen-bond donors (Lipinski definition) is 1. The van der Waals surface area contributed by atoms with E-state index in [2.05, 4.69) is 19.2 Å². The molecule has 0 aliphatic rings. The lowest BCUT2D eigenvalue weighted by atomic mass is 10.1. The van der Waals surface area contributed by atoms with Gasteiger partial charge < -0.3 is 5.32 Å². The third-order valence-electron chi connectivity index (χ3n) is 0.968. The predicted molar refractivity (Wildman–Crippen MR) is 65.5 cm³/mol. The van der Waals surface area contributed by atoms with Crippen LogP contribution in [0, 0.1) is 5.92 Å². The van der Waals surface area contributed by atoms with Gasteiger partial charge in [-0.2, -0.15) is 0 Å². The van der Waals surface area contributed by atoms with Crippen LogP contribution in [-0.4, -0.2) is 12.5 Å². The normalized spacial score (nSPS) is 8.00. The van der Waals surface area contributed by atoms with Gasteiger partial charge in [-0.3, -0.25) is 4.79 Å². The Labute approximate surface area is 90.5 Å². The van der Waals surface area contributed by atoms with Crippen LogP contribution in [0.15, 0.2) is 0 Å². The van der Waals surface area contributed by atoms with Crippen molar-refractivity contribution in [2.75, 3.05) is 6.54 Å². The molecule has 0 saturated carbocycles. The van der Waals surface area contributed by atoms with E-state index in [1.54, 1.807) is 0 Å². The summed E-state index contributed by atoms with van der Waals surface area (Å²) in [5, 5.41) is 2.74. The summed E-state index contributed by atoms with van der Waals surface area (Å²) in [6, 6.07) is 0. The van der Waals surface area contributed by atoms with Gasteiger partial charge in [0.05, 0.1) is 0 Å². The first kappa shape index (κ1) is 19.1. The molecule has 2 nitrogen and oxygen atoms in total. The van der Waals surface area contributed by atoms with Gasteiger partial charge in [-0.25, -0.2) is 0 Å². The van der Waals surface area contributed by atoms with Crippen molar-refractivity contribution in [3.8, 4) is 0 Å². The fraction of sp³-hybridized carbons (Fsp3) is 0.917. The van der Waals surface area contributed by atoms with Crippen LogP contribution in [0.3, 0.4) is 0 Å². The monoisotopic (exact) mass is 203 g/mol. The highest BCUT2D eigenvalue weighted by molar-refractivity contribution is 5.75. The minimum atomic E-state index is 0.160. The molecule has 0 aromatic rings. The number of carbonyl (C=O) groups excluding carboxylic acids is 1. The minimum absolute atomic E-state index is 0.160. The van der Waals surface area contributed by atoms with Crippen LogP contribution >= 0.6 is 0 Å². The van der Waals surface area contributed by atoms with E-state index in [0.717, 1.165) is 6.54 Å². The molecule has 0 aromatic heterocycles. The molecule has 2 heteroatoms. The maximum Gasteiger partial charge on any atom is 0.220 e. The maximum absolute atomic E-state index is 10.7. The minimum Gasteiger partial charge on any atom is -0.356 e. The Balaban J connectivity index is -0.000000205. The fourth-order valence-electron chi connectivity index (χ4n) is 0.640. The van der Waals surface area contributed by atoms with Gasteiger partial charge in [0, 0.05) is 13.0 Å². The highest BCUT2D eigenvalue weighted by Gasteiger charge is 2.00. The van der Waals surface area contributed by atoms with Crippen molar-refractivity contribution in [3.63, 3.8) is 0 Å². The predicted octanol–water partition coefficient (Wildman–Crippen LogP) is 3.61. The summed E-state index contributed by atoms with van der Waals surface area (Å²) in [6.07, 6.45) is 1.90. The molecule has 0 radical (unpaired) electrons. The molecule has 0 heterocycles. The molecule has 0 aromatic carbocycles. The first-order valence-corrected chi connectivity index (χ1v) is 5.85.